The Morgan fingerprint density at radius 2 is 1.83 bits per heavy atom. The molecule has 1 aliphatic rings. The van der Waals surface area contributed by atoms with Crippen LogP contribution in [0.2, 0.25) is 5.02 Å². The summed E-state index contributed by atoms with van der Waals surface area (Å²) in [6.07, 6.45) is 0.499. The lowest BCUT2D eigenvalue weighted by Crippen LogP contribution is -2.71. The summed E-state index contributed by atoms with van der Waals surface area (Å²) in [6, 6.07) is 4.41. The van der Waals surface area contributed by atoms with Crippen LogP contribution < -0.4 is 11.5 Å². The van der Waals surface area contributed by atoms with Crippen LogP contribution in [0, 0.1) is 5.92 Å². The molecule has 0 saturated carbocycles. The molecule has 5 nitrogen and oxygen atoms in total. The molecule has 2 atom stereocenters. The van der Waals surface area contributed by atoms with E-state index in [1.807, 2.05) is 27.7 Å². The minimum Gasteiger partial charge on any atom is -0.398 e. The van der Waals surface area contributed by atoms with E-state index >= 15 is 0 Å². The second-order valence-electron chi connectivity index (χ2n) is 7.76. The van der Waals surface area contributed by atoms with Crippen LogP contribution in [0.4, 0.5) is 5.69 Å². The lowest BCUT2D eigenvalue weighted by atomic mass is 9.68. The smallest absolute Gasteiger partial charge is 0.220 e. The van der Waals surface area contributed by atoms with Crippen LogP contribution in [0.1, 0.15) is 51.4 Å². The highest BCUT2D eigenvalue weighted by Gasteiger charge is 2.53. The second-order valence-corrected chi connectivity index (χ2v) is 8.16. The standard InChI is InChI=1S/C18H26ClN3O2/c1-10(23)22-17(2,3)9-12(16(21)18(22,4)5)15(24)11-6-7-13(19)14(20)8-11/h6-8,12,16H,9,20-21H2,1-5H3. The number of halogens is 1. The van der Waals surface area contributed by atoms with Gasteiger partial charge in [-0.3, -0.25) is 9.59 Å². The SMILES string of the molecule is CC(=O)N1C(C)(C)CC(C(=O)c2ccc(Cl)c(N)c2)C(N)C1(C)C. The molecule has 1 saturated heterocycles. The highest BCUT2D eigenvalue weighted by Crippen LogP contribution is 2.42. The fraction of sp³-hybridized carbons (Fsp3) is 0.556. The Bertz CT molecular complexity index is 685. The van der Waals surface area contributed by atoms with Crippen molar-refractivity contribution in [2.45, 2.75) is 58.2 Å². The molecular weight excluding hydrogens is 326 g/mol. The number of carbonyl (C=O) groups excluding carboxylic acids is 2. The molecule has 0 radical (unpaired) electrons. The summed E-state index contributed by atoms with van der Waals surface area (Å²) in [6.45, 7) is 9.31. The molecule has 6 heteroatoms. The Balaban J connectivity index is 2.42. The van der Waals surface area contributed by atoms with E-state index in [9.17, 15) is 9.59 Å². The molecule has 1 fully saturated rings. The predicted molar refractivity (Wildman–Crippen MR) is 97.0 cm³/mol. The Labute approximate surface area is 148 Å². The minimum atomic E-state index is -0.633. The molecule has 132 valence electrons. The lowest BCUT2D eigenvalue weighted by molar-refractivity contribution is -0.150. The largest absolute Gasteiger partial charge is 0.398 e. The van der Waals surface area contributed by atoms with Crippen molar-refractivity contribution in [3.8, 4) is 0 Å². The van der Waals surface area contributed by atoms with Gasteiger partial charge in [0.1, 0.15) is 0 Å². The van der Waals surface area contributed by atoms with E-state index in [1.165, 1.54) is 6.92 Å². The van der Waals surface area contributed by atoms with E-state index in [1.54, 1.807) is 23.1 Å². The normalized spacial score (nSPS) is 25.4. The number of benzene rings is 1. The molecule has 1 aromatic carbocycles. The van der Waals surface area contributed by atoms with Crippen molar-refractivity contribution in [1.29, 1.82) is 0 Å². The fourth-order valence-corrected chi connectivity index (χ4v) is 4.29. The molecule has 1 aliphatic heterocycles. The fourth-order valence-electron chi connectivity index (χ4n) is 4.18. The maximum Gasteiger partial charge on any atom is 0.220 e. The summed E-state index contributed by atoms with van der Waals surface area (Å²) in [5.41, 5.74) is 12.0. The van der Waals surface area contributed by atoms with Crippen LogP contribution in [-0.2, 0) is 4.79 Å². The summed E-state index contributed by atoms with van der Waals surface area (Å²) in [5.74, 6) is -0.497. The number of hydrogen-bond acceptors (Lipinski definition) is 4. The van der Waals surface area contributed by atoms with Crippen LogP contribution in [0.15, 0.2) is 18.2 Å². The van der Waals surface area contributed by atoms with Gasteiger partial charge >= 0.3 is 0 Å². The van der Waals surface area contributed by atoms with Crippen molar-refractivity contribution >= 4 is 29.0 Å². The summed E-state index contributed by atoms with van der Waals surface area (Å²) >= 11 is 5.94. The lowest BCUT2D eigenvalue weighted by Gasteiger charge is -2.57. The molecule has 24 heavy (non-hydrogen) atoms. The number of amides is 1. The topological polar surface area (TPSA) is 89.4 Å². The van der Waals surface area contributed by atoms with Gasteiger partial charge in [-0.05, 0) is 52.3 Å². The second kappa shape index (κ2) is 6.05. The van der Waals surface area contributed by atoms with Gasteiger partial charge in [0, 0.05) is 30.0 Å². The molecule has 2 rings (SSSR count). The molecule has 1 aromatic rings. The van der Waals surface area contributed by atoms with Gasteiger partial charge in [0.25, 0.3) is 0 Å². The van der Waals surface area contributed by atoms with Crippen molar-refractivity contribution in [3.05, 3.63) is 28.8 Å². The Kier molecular flexibility index (Phi) is 4.72. The zero-order chi connectivity index (χ0) is 18.4. The number of ketones is 1. The third-order valence-electron chi connectivity index (χ3n) is 5.08. The van der Waals surface area contributed by atoms with Crippen LogP contribution in [0.25, 0.3) is 0 Å². The molecule has 0 aromatic heterocycles. The average Bonchev–Trinajstić information content (AvgIpc) is 2.44. The first-order valence-electron chi connectivity index (χ1n) is 8.05. The number of hydrogen-bond donors (Lipinski definition) is 2. The van der Waals surface area contributed by atoms with Crippen LogP contribution in [-0.4, -0.2) is 33.7 Å². The van der Waals surface area contributed by atoms with Gasteiger partial charge in [0.15, 0.2) is 5.78 Å². The monoisotopic (exact) mass is 351 g/mol. The number of Topliss-reactive ketones (excluding diaryl/α,β-unsaturated/α-hetero) is 1. The van der Waals surface area contributed by atoms with E-state index in [-0.39, 0.29) is 11.7 Å². The van der Waals surface area contributed by atoms with E-state index in [4.69, 9.17) is 23.1 Å². The van der Waals surface area contributed by atoms with E-state index in [0.717, 1.165) is 0 Å². The minimum absolute atomic E-state index is 0.0397. The van der Waals surface area contributed by atoms with Crippen molar-refractivity contribution in [2.24, 2.45) is 11.7 Å². The predicted octanol–water partition coefficient (Wildman–Crippen LogP) is 2.86. The first kappa shape index (κ1) is 18.7. The first-order valence-corrected chi connectivity index (χ1v) is 8.43. The zero-order valence-electron chi connectivity index (χ0n) is 14.9. The molecule has 0 bridgehead atoms. The summed E-state index contributed by atoms with van der Waals surface area (Å²) in [7, 11) is 0. The van der Waals surface area contributed by atoms with Crippen molar-refractivity contribution in [3.63, 3.8) is 0 Å². The van der Waals surface area contributed by atoms with Gasteiger partial charge in [0.2, 0.25) is 5.91 Å². The molecular formula is C18H26ClN3O2. The number of nitrogens with two attached hydrogens (primary N) is 2. The molecule has 1 amide bonds. The molecule has 2 unspecified atom stereocenters. The van der Waals surface area contributed by atoms with Crippen LogP contribution >= 0.6 is 11.6 Å². The first-order chi connectivity index (χ1) is 10.9. The Morgan fingerprint density at radius 3 is 2.33 bits per heavy atom. The summed E-state index contributed by atoms with van der Waals surface area (Å²) in [4.78, 5) is 27.0. The number of nitrogen functional groups attached to an aromatic ring is 1. The molecule has 0 spiro atoms. The zero-order valence-corrected chi connectivity index (χ0v) is 15.6. The Morgan fingerprint density at radius 1 is 1.25 bits per heavy atom. The third-order valence-corrected chi connectivity index (χ3v) is 5.43. The van der Waals surface area contributed by atoms with Crippen molar-refractivity contribution in [1.82, 2.24) is 4.90 Å². The number of rotatable bonds is 2. The van der Waals surface area contributed by atoms with Gasteiger partial charge in [-0.15, -0.1) is 0 Å². The molecule has 0 aliphatic carbocycles. The highest BCUT2D eigenvalue weighted by molar-refractivity contribution is 6.33. The van der Waals surface area contributed by atoms with Crippen LogP contribution in [0.5, 0.6) is 0 Å². The average molecular weight is 352 g/mol. The van der Waals surface area contributed by atoms with Gasteiger partial charge in [0.05, 0.1) is 16.2 Å². The molecule has 1 heterocycles. The number of carbonyl (C=O) groups is 2. The van der Waals surface area contributed by atoms with Gasteiger partial charge in [-0.2, -0.15) is 0 Å². The van der Waals surface area contributed by atoms with Gasteiger partial charge < -0.3 is 16.4 Å². The quantitative estimate of drug-likeness (QED) is 0.633. The summed E-state index contributed by atoms with van der Waals surface area (Å²) < 4.78 is 0. The highest BCUT2D eigenvalue weighted by atomic mass is 35.5. The number of piperidine rings is 1. The maximum atomic E-state index is 13.0. The van der Waals surface area contributed by atoms with Crippen molar-refractivity contribution < 1.29 is 9.59 Å². The maximum absolute atomic E-state index is 13.0. The number of likely N-dealkylation sites (tertiary alicyclic amines) is 1. The van der Waals surface area contributed by atoms with Gasteiger partial charge in [-0.1, -0.05) is 11.6 Å². The van der Waals surface area contributed by atoms with Crippen molar-refractivity contribution in [2.75, 3.05) is 5.73 Å². The van der Waals surface area contributed by atoms with E-state index < -0.39 is 23.0 Å². The van der Waals surface area contributed by atoms with E-state index in [2.05, 4.69) is 0 Å². The molecule has 4 N–H and O–H groups in total. The number of nitrogens with zero attached hydrogens (tertiary/aromatic N) is 1. The van der Waals surface area contributed by atoms with E-state index in [0.29, 0.717) is 22.7 Å². The van der Waals surface area contributed by atoms with Gasteiger partial charge in [-0.25, -0.2) is 0 Å². The summed E-state index contributed by atoms with van der Waals surface area (Å²) in [5, 5.41) is 0.419. The van der Waals surface area contributed by atoms with Crippen LogP contribution in [0.3, 0.4) is 0 Å². The Hall–Kier alpha value is -1.59. The number of anilines is 1. The third kappa shape index (κ3) is 3.03.